The maximum absolute atomic E-state index is 11.6. The van der Waals surface area contributed by atoms with Crippen molar-refractivity contribution in [1.82, 2.24) is 0 Å². The monoisotopic (exact) mass is 194 g/mol. The molecule has 1 aromatic rings. The fourth-order valence-corrected chi connectivity index (χ4v) is 2.15. The third-order valence-corrected chi connectivity index (χ3v) is 2.84. The fraction of sp³-hybridized carbons (Fsp3) is 0.364. The van der Waals surface area contributed by atoms with Crippen molar-refractivity contribution in [1.29, 1.82) is 0 Å². The van der Waals surface area contributed by atoms with Gasteiger partial charge < -0.3 is 0 Å². The van der Waals surface area contributed by atoms with Crippen LogP contribution in [0.15, 0.2) is 23.6 Å². The Kier molecular flexibility index (Phi) is 3.43. The molecule has 1 heterocycles. The van der Waals surface area contributed by atoms with Crippen molar-refractivity contribution in [3.8, 4) is 0 Å². The Morgan fingerprint density at radius 1 is 1.62 bits per heavy atom. The maximum Gasteiger partial charge on any atom is 0.177 e. The van der Waals surface area contributed by atoms with E-state index in [1.54, 1.807) is 0 Å². The van der Waals surface area contributed by atoms with Gasteiger partial charge in [-0.25, -0.2) is 0 Å². The standard InChI is InChI=1S/C11H14OS/c1-4-9-5-6-13-11(9)10(12)7-8(2)3/h5-6H,2,4,7H2,1,3H3. The molecule has 0 saturated carbocycles. The van der Waals surface area contributed by atoms with Crippen molar-refractivity contribution in [2.75, 3.05) is 0 Å². The minimum atomic E-state index is 0.208. The summed E-state index contributed by atoms with van der Waals surface area (Å²) in [4.78, 5) is 12.6. The molecular weight excluding hydrogens is 180 g/mol. The van der Waals surface area contributed by atoms with Gasteiger partial charge in [0.2, 0.25) is 0 Å². The molecule has 0 atom stereocenters. The number of carbonyl (C=O) groups is 1. The Hall–Kier alpha value is -0.890. The van der Waals surface area contributed by atoms with Crippen LogP contribution in [-0.4, -0.2) is 5.78 Å². The highest BCUT2D eigenvalue weighted by Gasteiger charge is 2.11. The summed E-state index contributed by atoms with van der Waals surface area (Å²) in [5, 5.41) is 1.98. The van der Waals surface area contributed by atoms with Gasteiger partial charge in [-0.15, -0.1) is 11.3 Å². The molecule has 0 saturated heterocycles. The smallest absolute Gasteiger partial charge is 0.177 e. The molecule has 0 spiro atoms. The van der Waals surface area contributed by atoms with Crippen LogP contribution in [0.1, 0.15) is 35.5 Å². The summed E-state index contributed by atoms with van der Waals surface area (Å²) in [5.41, 5.74) is 2.09. The van der Waals surface area contributed by atoms with E-state index in [4.69, 9.17) is 0 Å². The number of thiophene rings is 1. The number of rotatable bonds is 4. The second-order valence-corrected chi connectivity index (χ2v) is 4.10. The van der Waals surface area contributed by atoms with E-state index in [0.717, 1.165) is 22.4 Å². The number of allylic oxidation sites excluding steroid dienone is 1. The summed E-state index contributed by atoms with van der Waals surface area (Å²) < 4.78 is 0. The van der Waals surface area contributed by atoms with E-state index in [1.807, 2.05) is 18.4 Å². The van der Waals surface area contributed by atoms with E-state index in [2.05, 4.69) is 13.5 Å². The van der Waals surface area contributed by atoms with E-state index >= 15 is 0 Å². The van der Waals surface area contributed by atoms with E-state index in [9.17, 15) is 4.79 Å². The number of ketones is 1. The van der Waals surface area contributed by atoms with Crippen LogP contribution < -0.4 is 0 Å². The Morgan fingerprint density at radius 2 is 2.31 bits per heavy atom. The lowest BCUT2D eigenvalue weighted by Crippen LogP contribution is -1.99. The van der Waals surface area contributed by atoms with Gasteiger partial charge in [-0.2, -0.15) is 0 Å². The first-order chi connectivity index (χ1) is 6.15. The predicted molar refractivity (Wildman–Crippen MR) is 57.5 cm³/mol. The minimum Gasteiger partial charge on any atom is -0.293 e. The average Bonchev–Trinajstić information content (AvgIpc) is 2.49. The largest absolute Gasteiger partial charge is 0.293 e. The maximum atomic E-state index is 11.6. The Labute approximate surface area is 83.1 Å². The quantitative estimate of drug-likeness (QED) is 0.530. The summed E-state index contributed by atoms with van der Waals surface area (Å²) in [5.74, 6) is 0.208. The minimum absolute atomic E-state index is 0.208. The summed E-state index contributed by atoms with van der Waals surface area (Å²) in [7, 11) is 0. The Bertz CT molecular complexity index is 323. The van der Waals surface area contributed by atoms with Crippen molar-refractivity contribution < 1.29 is 4.79 Å². The van der Waals surface area contributed by atoms with Gasteiger partial charge in [0.15, 0.2) is 5.78 Å². The van der Waals surface area contributed by atoms with Gasteiger partial charge in [0.1, 0.15) is 0 Å². The SMILES string of the molecule is C=C(C)CC(=O)c1sccc1CC. The van der Waals surface area contributed by atoms with E-state index in [1.165, 1.54) is 11.3 Å². The van der Waals surface area contributed by atoms with E-state index < -0.39 is 0 Å². The predicted octanol–water partition coefficient (Wildman–Crippen LogP) is 3.46. The fourth-order valence-electron chi connectivity index (χ4n) is 1.21. The van der Waals surface area contributed by atoms with Crippen molar-refractivity contribution in [2.45, 2.75) is 26.7 Å². The average molecular weight is 194 g/mol. The number of aryl methyl sites for hydroxylation is 1. The van der Waals surface area contributed by atoms with Gasteiger partial charge in [-0.3, -0.25) is 4.79 Å². The van der Waals surface area contributed by atoms with Crippen LogP contribution in [0.5, 0.6) is 0 Å². The number of hydrogen-bond acceptors (Lipinski definition) is 2. The molecule has 70 valence electrons. The lowest BCUT2D eigenvalue weighted by atomic mass is 10.1. The number of hydrogen-bond donors (Lipinski definition) is 0. The first kappa shape index (κ1) is 10.2. The second-order valence-electron chi connectivity index (χ2n) is 3.19. The number of carbonyl (C=O) groups excluding carboxylic acids is 1. The van der Waals surface area contributed by atoms with Crippen LogP contribution in [-0.2, 0) is 6.42 Å². The molecule has 0 aliphatic rings. The van der Waals surface area contributed by atoms with Gasteiger partial charge in [0.25, 0.3) is 0 Å². The van der Waals surface area contributed by atoms with Gasteiger partial charge in [0.05, 0.1) is 4.88 Å². The third kappa shape index (κ3) is 2.52. The molecule has 1 rings (SSSR count). The molecule has 0 bridgehead atoms. The summed E-state index contributed by atoms with van der Waals surface area (Å²) >= 11 is 1.53. The van der Waals surface area contributed by atoms with Crippen molar-refractivity contribution in [3.05, 3.63) is 34.0 Å². The molecule has 0 radical (unpaired) electrons. The zero-order valence-electron chi connectivity index (χ0n) is 8.09. The molecule has 0 aliphatic carbocycles. The molecular formula is C11H14OS. The molecule has 0 N–H and O–H groups in total. The van der Waals surface area contributed by atoms with Crippen LogP contribution in [0.2, 0.25) is 0 Å². The zero-order chi connectivity index (χ0) is 9.84. The summed E-state index contributed by atoms with van der Waals surface area (Å²) in [6, 6.07) is 2.02. The first-order valence-corrected chi connectivity index (χ1v) is 5.27. The Balaban J connectivity index is 2.82. The third-order valence-electron chi connectivity index (χ3n) is 1.84. The molecule has 0 aliphatic heterocycles. The molecule has 0 unspecified atom stereocenters. The highest BCUT2D eigenvalue weighted by molar-refractivity contribution is 7.12. The molecule has 0 aromatic carbocycles. The van der Waals surface area contributed by atoms with Crippen molar-refractivity contribution in [3.63, 3.8) is 0 Å². The van der Waals surface area contributed by atoms with Gasteiger partial charge in [-0.1, -0.05) is 19.1 Å². The van der Waals surface area contributed by atoms with Crippen molar-refractivity contribution >= 4 is 17.1 Å². The normalized spacial score (nSPS) is 10.0. The van der Waals surface area contributed by atoms with Gasteiger partial charge in [0, 0.05) is 6.42 Å². The molecule has 0 fully saturated rings. The van der Waals surface area contributed by atoms with Gasteiger partial charge in [-0.05, 0) is 30.4 Å². The van der Waals surface area contributed by atoms with Crippen LogP contribution in [0.25, 0.3) is 0 Å². The summed E-state index contributed by atoms with van der Waals surface area (Å²) in [6.45, 7) is 7.70. The highest BCUT2D eigenvalue weighted by atomic mass is 32.1. The highest BCUT2D eigenvalue weighted by Crippen LogP contribution is 2.20. The molecule has 1 aromatic heterocycles. The lowest BCUT2D eigenvalue weighted by molar-refractivity contribution is 0.0996. The molecule has 13 heavy (non-hydrogen) atoms. The zero-order valence-corrected chi connectivity index (χ0v) is 8.91. The summed E-state index contributed by atoms with van der Waals surface area (Å²) in [6.07, 6.45) is 1.41. The first-order valence-electron chi connectivity index (χ1n) is 4.39. The van der Waals surface area contributed by atoms with Crippen LogP contribution in [0.3, 0.4) is 0 Å². The van der Waals surface area contributed by atoms with Gasteiger partial charge >= 0.3 is 0 Å². The molecule has 1 nitrogen and oxygen atoms in total. The van der Waals surface area contributed by atoms with Crippen LogP contribution in [0, 0.1) is 0 Å². The number of Topliss-reactive ketones (excluding diaryl/α,β-unsaturated/α-hetero) is 1. The van der Waals surface area contributed by atoms with E-state index in [0.29, 0.717) is 6.42 Å². The van der Waals surface area contributed by atoms with Crippen molar-refractivity contribution in [2.24, 2.45) is 0 Å². The topological polar surface area (TPSA) is 17.1 Å². The molecule has 2 heteroatoms. The second kappa shape index (κ2) is 4.38. The Morgan fingerprint density at radius 3 is 2.85 bits per heavy atom. The lowest BCUT2D eigenvalue weighted by Gasteiger charge is -1.99. The van der Waals surface area contributed by atoms with Crippen LogP contribution >= 0.6 is 11.3 Å². The van der Waals surface area contributed by atoms with Crippen LogP contribution in [0.4, 0.5) is 0 Å². The van der Waals surface area contributed by atoms with E-state index in [-0.39, 0.29) is 5.78 Å². The molecule has 0 amide bonds.